The number of phenolic OH excluding ortho intramolecular Hbond substituents is 1. The number of phenols is 1. The van der Waals surface area contributed by atoms with Gasteiger partial charge in [-0.15, -0.1) is 0 Å². The van der Waals surface area contributed by atoms with E-state index in [2.05, 4.69) is 17.4 Å². The highest BCUT2D eigenvalue weighted by atomic mass is 16.3. The van der Waals surface area contributed by atoms with E-state index < -0.39 is 12.2 Å². The van der Waals surface area contributed by atoms with Crippen LogP contribution in [0.2, 0.25) is 0 Å². The molecule has 2 aliphatic rings. The summed E-state index contributed by atoms with van der Waals surface area (Å²) in [5.41, 5.74) is 3.06. The molecular formula is C32H37N5O4. The number of unbranched alkanes of at least 4 members (excludes halogenated alkanes) is 1. The number of nitrogens with zero attached hydrogens (tertiary/aromatic N) is 4. The summed E-state index contributed by atoms with van der Waals surface area (Å²) < 4.78 is 0. The number of urea groups is 1. The Morgan fingerprint density at radius 1 is 0.878 bits per heavy atom. The van der Waals surface area contributed by atoms with Gasteiger partial charge in [-0.25, -0.2) is 14.8 Å². The fraction of sp³-hybridized carbons (Fsp3) is 0.344. The van der Waals surface area contributed by atoms with Gasteiger partial charge in [-0.05, 0) is 48.1 Å². The zero-order chi connectivity index (χ0) is 28.8. The van der Waals surface area contributed by atoms with E-state index in [9.17, 15) is 19.5 Å². The molecule has 5 rings (SSSR count). The van der Waals surface area contributed by atoms with Crippen molar-refractivity contribution in [3.05, 3.63) is 102 Å². The summed E-state index contributed by atoms with van der Waals surface area (Å²) in [6.45, 7) is 1.12. The number of hydrogen-bond donors (Lipinski definition) is 2. The Hall–Kier alpha value is -4.37. The molecule has 2 N–H and O–H groups in total. The quantitative estimate of drug-likeness (QED) is 0.395. The largest absolute Gasteiger partial charge is 0.508 e. The molecule has 2 fully saturated rings. The number of nitrogens with one attached hydrogen (secondary N) is 1. The van der Waals surface area contributed by atoms with Crippen molar-refractivity contribution in [2.45, 2.75) is 44.4 Å². The summed E-state index contributed by atoms with van der Waals surface area (Å²) in [5.74, 6) is -0.166. The molecule has 0 aliphatic carbocycles. The molecule has 3 aromatic carbocycles. The van der Waals surface area contributed by atoms with Crippen molar-refractivity contribution in [1.29, 1.82) is 0 Å². The number of fused-ring (bicyclic) bond motifs is 1. The van der Waals surface area contributed by atoms with E-state index in [1.54, 1.807) is 51.1 Å². The first-order valence-electron chi connectivity index (χ1n) is 14.1. The minimum atomic E-state index is -0.752. The van der Waals surface area contributed by atoms with Gasteiger partial charge in [-0.3, -0.25) is 9.59 Å². The molecular weight excluding hydrogens is 518 g/mol. The smallest absolute Gasteiger partial charge is 0.334 e. The molecule has 3 aromatic rings. The van der Waals surface area contributed by atoms with Gasteiger partial charge >= 0.3 is 6.03 Å². The lowest BCUT2D eigenvalue weighted by atomic mass is 9.98. The minimum absolute atomic E-state index is 0.00824. The number of likely N-dealkylation sites (N-methyl/N-ethyl adjacent to an activating group) is 1. The van der Waals surface area contributed by atoms with Crippen LogP contribution in [0.25, 0.3) is 0 Å². The summed E-state index contributed by atoms with van der Waals surface area (Å²) in [6.07, 6.45) is 2.31. The molecule has 9 heteroatoms. The van der Waals surface area contributed by atoms with Gasteiger partial charge in [0, 0.05) is 26.6 Å². The average Bonchev–Trinajstić information content (AvgIpc) is 2.98. The average molecular weight is 556 g/mol. The first kappa shape index (κ1) is 28.2. The van der Waals surface area contributed by atoms with Gasteiger partial charge in [0.1, 0.15) is 18.0 Å². The zero-order valence-corrected chi connectivity index (χ0v) is 23.4. The van der Waals surface area contributed by atoms with Crippen LogP contribution in [0.3, 0.4) is 0 Å². The number of amides is 4. The predicted molar refractivity (Wildman–Crippen MR) is 155 cm³/mol. The number of rotatable bonds is 9. The van der Waals surface area contributed by atoms with Crippen molar-refractivity contribution in [2.24, 2.45) is 0 Å². The second-order valence-electron chi connectivity index (χ2n) is 10.7. The fourth-order valence-electron chi connectivity index (χ4n) is 5.69. The normalized spacial score (nSPS) is 19.3. The highest BCUT2D eigenvalue weighted by Crippen LogP contribution is 2.28. The molecule has 2 atom stereocenters. The van der Waals surface area contributed by atoms with E-state index in [1.807, 2.05) is 48.5 Å². The third kappa shape index (κ3) is 6.69. The first-order valence-corrected chi connectivity index (χ1v) is 14.1. The van der Waals surface area contributed by atoms with Gasteiger partial charge in [-0.1, -0.05) is 72.8 Å². The van der Waals surface area contributed by atoms with Crippen LogP contribution >= 0.6 is 0 Å². The molecule has 0 unspecified atom stereocenters. The van der Waals surface area contributed by atoms with Crippen LogP contribution in [0, 0.1) is 0 Å². The molecule has 4 amide bonds. The second-order valence-corrected chi connectivity index (χ2v) is 10.7. The van der Waals surface area contributed by atoms with E-state index >= 15 is 0 Å². The zero-order valence-electron chi connectivity index (χ0n) is 23.4. The lowest BCUT2D eigenvalue weighted by Gasteiger charge is -2.54. The van der Waals surface area contributed by atoms with Gasteiger partial charge in [0.25, 0.3) is 0 Å². The molecule has 0 aromatic heterocycles. The van der Waals surface area contributed by atoms with Crippen molar-refractivity contribution in [3.63, 3.8) is 0 Å². The molecule has 41 heavy (non-hydrogen) atoms. The Kier molecular flexibility index (Phi) is 8.84. The molecule has 9 nitrogen and oxygen atoms in total. The van der Waals surface area contributed by atoms with Gasteiger partial charge in [-0.2, -0.15) is 0 Å². The second kappa shape index (κ2) is 12.9. The van der Waals surface area contributed by atoms with Crippen LogP contribution in [0.5, 0.6) is 5.75 Å². The fourth-order valence-corrected chi connectivity index (χ4v) is 5.69. The number of aryl methyl sites for hydroxylation is 1. The maximum Gasteiger partial charge on any atom is 0.334 e. The molecule has 0 spiro atoms. The van der Waals surface area contributed by atoms with Crippen LogP contribution in [0.15, 0.2) is 84.9 Å². The summed E-state index contributed by atoms with van der Waals surface area (Å²) in [4.78, 5) is 44.3. The van der Waals surface area contributed by atoms with Crippen LogP contribution in [0.1, 0.15) is 29.5 Å². The molecule has 0 saturated carbocycles. The first-order chi connectivity index (χ1) is 19.9. The van der Waals surface area contributed by atoms with Crippen molar-refractivity contribution < 1.29 is 19.5 Å². The molecule has 0 radical (unpaired) electrons. The molecule has 2 saturated heterocycles. The minimum Gasteiger partial charge on any atom is -0.508 e. The number of hydrogen-bond acceptors (Lipinski definition) is 5. The Morgan fingerprint density at radius 2 is 1.54 bits per heavy atom. The number of piperazine rings is 1. The third-order valence-corrected chi connectivity index (χ3v) is 7.79. The van der Waals surface area contributed by atoms with Crippen LogP contribution in [0.4, 0.5) is 4.79 Å². The highest BCUT2D eigenvalue weighted by molar-refractivity contribution is 5.91. The predicted octanol–water partition coefficient (Wildman–Crippen LogP) is 3.40. The number of carbonyl (C=O) groups is 3. The number of carbonyl (C=O) groups excluding carboxylic acids is 3. The standard InChI is InChI=1S/C32H37N5O4/c1-34-23-30(39)36-28(20-25-15-17-27(38)18-16-25)31(40)35(19-9-8-12-24-10-4-2-5-11-24)22-29(36)37(34)32(41)33-21-26-13-6-3-7-14-26/h2-7,10-11,13-18,28-29,38H,8-9,12,19-23H2,1H3,(H,33,41)/t28-,29-/m0/s1. The number of aromatic hydroxyl groups is 1. The summed E-state index contributed by atoms with van der Waals surface area (Å²) in [6, 6.07) is 25.5. The van der Waals surface area contributed by atoms with E-state index in [1.165, 1.54) is 5.56 Å². The third-order valence-electron chi connectivity index (χ3n) is 7.79. The Morgan fingerprint density at radius 3 is 2.22 bits per heavy atom. The van der Waals surface area contributed by atoms with Crippen molar-refractivity contribution in [3.8, 4) is 5.75 Å². The molecule has 2 aliphatic heterocycles. The van der Waals surface area contributed by atoms with Crippen molar-refractivity contribution in [1.82, 2.24) is 25.1 Å². The maximum atomic E-state index is 13.9. The number of hydrazine groups is 1. The SMILES string of the molecule is CN1CC(=O)N2[C@@H](Cc3ccc(O)cc3)C(=O)N(CCCCc3ccccc3)C[C@@H]2N1C(=O)NCc1ccccc1. The van der Waals surface area contributed by atoms with Gasteiger partial charge in [0.15, 0.2) is 0 Å². The maximum absolute atomic E-state index is 13.9. The topological polar surface area (TPSA) is 96.4 Å². The van der Waals surface area contributed by atoms with Crippen molar-refractivity contribution in [2.75, 3.05) is 26.7 Å². The Balaban J connectivity index is 1.36. The molecule has 0 bridgehead atoms. The van der Waals surface area contributed by atoms with Gasteiger partial charge in [0.05, 0.1) is 13.1 Å². The lowest BCUT2D eigenvalue weighted by molar-refractivity contribution is -0.186. The van der Waals surface area contributed by atoms with Gasteiger partial charge < -0.3 is 20.2 Å². The summed E-state index contributed by atoms with van der Waals surface area (Å²) in [7, 11) is 1.73. The summed E-state index contributed by atoms with van der Waals surface area (Å²) in [5, 5.41) is 16.0. The summed E-state index contributed by atoms with van der Waals surface area (Å²) >= 11 is 0. The molecule has 2 heterocycles. The van der Waals surface area contributed by atoms with Crippen LogP contribution < -0.4 is 5.32 Å². The van der Waals surface area contributed by atoms with Gasteiger partial charge in [0.2, 0.25) is 11.8 Å². The Labute approximate surface area is 240 Å². The van der Waals surface area contributed by atoms with E-state index in [4.69, 9.17) is 0 Å². The van der Waals surface area contributed by atoms with E-state index in [0.717, 1.165) is 30.4 Å². The lowest BCUT2D eigenvalue weighted by Crippen LogP contribution is -2.76. The van der Waals surface area contributed by atoms with Crippen molar-refractivity contribution >= 4 is 17.8 Å². The van der Waals surface area contributed by atoms with E-state index in [-0.39, 0.29) is 36.7 Å². The molecule has 214 valence electrons. The van der Waals surface area contributed by atoms with Crippen LogP contribution in [-0.4, -0.2) is 81.7 Å². The van der Waals surface area contributed by atoms with Crippen LogP contribution in [-0.2, 0) is 29.0 Å². The number of benzene rings is 3. The highest BCUT2D eigenvalue weighted by Gasteiger charge is 2.50. The van der Waals surface area contributed by atoms with E-state index in [0.29, 0.717) is 19.5 Å². The Bertz CT molecular complexity index is 1340. The monoisotopic (exact) mass is 555 g/mol.